The molecular formula is C20H16N4O4S. The zero-order valence-corrected chi connectivity index (χ0v) is 15.9. The lowest BCUT2D eigenvalue weighted by atomic mass is 10.3. The summed E-state index contributed by atoms with van der Waals surface area (Å²) in [4.78, 5) is 14.7. The number of benzene rings is 2. The van der Waals surface area contributed by atoms with Crippen LogP contribution >= 0.6 is 0 Å². The van der Waals surface area contributed by atoms with Crippen LogP contribution in [0.15, 0.2) is 90.1 Å². The van der Waals surface area contributed by atoms with Crippen molar-refractivity contribution in [3.63, 3.8) is 0 Å². The Morgan fingerprint density at radius 1 is 1.00 bits per heavy atom. The summed E-state index contributed by atoms with van der Waals surface area (Å²) in [6.07, 6.45) is 3.43. The molecule has 29 heavy (non-hydrogen) atoms. The van der Waals surface area contributed by atoms with Gasteiger partial charge in [0.1, 0.15) is 5.65 Å². The number of non-ortho nitro benzene ring substituents is 1. The maximum absolute atomic E-state index is 13.4. The minimum absolute atomic E-state index is 0.0141. The van der Waals surface area contributed by atoms with Crippen LogP contribution in [0.1, 0.15) is 5.69 Å². The van der Waals surface area contributed by atoms with E-state index in [4.69, 9.17) is 0 Å². The number of para-hydroxylation sites is 1. The summed E-state index contributed by atoms with van der Waals surface area (Å²) in [5, 5.41) is 11.1. The van der Waals surface area contributed by atoms with E-state index in [1.165, 1.54) is 22.5 Å². The number of anilines is 1. The molecule has 0 aliphatic carbocycles. The van der Waals surface area contributed by atoms with Crippen molar-refractivity contribution in [2.75, 3.05) is 4.31 Å². The first kappa shape index (κ1) is 18.6. The summed E-state index contributed by atoms with van der Waals surface area (Å²) >= 11 is 0. The number of sulfonamides is 1. The minimum atomic E-state index is -4.07. The van der Waals surface area contributed by atoms with Crippen molar-refractivity contribution in [3.8, 4) is 0 Å². The number of aromatic nitrogens is 2. The fraction of sp³-hybridized carbons (Fsp3) is 0.0500. The van der Waals surface area contributed by atoms with E-state index in [1.54, 1.807) is 47.1 Å². The molecule has 2 aromatic carbocycles. The van der Waals surface area contributed by atoms with Crippen molar-refractivity contribution in [1.82, 2.24) is 9.38 Å². The van der Waals surface area contributed by atoms with Crippen LogP contribution < -0.4 is 4.31 Å². The average molecular weight is 408 g/mol. The van der Waals surface area contributed by atoms with Crippen LogP contribution in [0.5, 0.6) is 0 Å². The fourth-order valence-corrected chi connectivity index (χ4v) is 4.52. The third-order valence-corrected chi connectivity index (χ3v) is 6.23. The molecule has 0 saturated carbocycles. The molecule has 2 aromatic heterocycles. The first-order valence-corrected chi connectivity index (χ1v) is 10.1. The van der Waals surface area contributed by atoms with Crippen LogP contribution in [0.25, 0.3) is 5.65 Å². The first-order valence-electron chi connectivity index (χ1n) is 8.70. The third kappa shape index (κ3) is 3.55. The number of imidazole rings is 1. The van der Waals surface area contributed by atoms with E-state index in [0.717, 1.165) is 6.07 Å². The number of rotatable bonds is 6. The van der Waals surface area contributed by atoms with Gasteiger partial charge in [0.15, 0.2) is 0 Å². The molecule has 2 heterocycles. The Labute approximate surface area is 166 Å². The molecule has 0 aliphatic heterocycles. The summed E-state index contributed by atoms with van der Waals surface area (Å²) in [7, 11) is -4.07. The third-order valence-electron chi connectivity index (χ3n) is 4.46. The van der Waals surface area contributed by atoms with Crippen molar-refractivity contribution in [2.45, 2.75) is 11.4 Å². The summed E-state index contributed by atoms with van der Waals surface area (Å²) in [6.45, 7) is 0.0141. The van der Waals surface area contributed by atoms with Gasteiger partial charge in [0, 0.05) is 18.3 Å². The minimum Gasteiger partial charge on any atom is -0.302 e. The van der Waals surface area contributed by atoms with Gasteiger partial charge in [0.2, 0.25) is 0 Å². The Morgan fingerprint density at radius 3 is 2.52 bits per heavy atom. The Kier molecular flexibility index (Phi) is 4.73. The van der Waals surface area contributed by atoms with E-state index in [-0.39, 0.29) is 17.1 Å². The molecule has 0 fully saturated rings. The quantitative estimate of drug-likeness (QED) is 0.358. The highest BCUT2D eigenvalue weighted by molar-refractivity contribution is 7.92. The molecular weight excluding hydrogens is 392 g/mol. The molecule has 0 unspecified atom stereocenters. The summed E-state index contributed by atoms with van der Waals surface area (Å²) < 4.78 is 29.9. The van der Waals surface area contributed by atoms with Gasteiger partial charge < -0.3 is 4.40 Å². The van der Waals surface area contributed by atoms with Gasteiger partial charge in [-0.15, -0.1) is 0 Å². The molecule has 9 heteroatoms. The van der Waals surface area contributed by atoms with E-state index >= 15 is 0 Å². The lowest BCUT2D eigenvalue weighted by Crippen LogP contribution is -2.31. The van der Waals surface area contributed by atoms with Gasteiger partial charge in [-0.05, 0) is 30.3 Å². The molecule has 0 saturated heterocycles. The van der Waals surface area contributed by atoms with Crippen LogP contribution in [0.4, 0.5) is 11.4 Å². The van der Waals surface area contributed by atoms with Crippen LogP contribution in [-0.4, -0.2) is 22.7 Å². The topological polar surface area (TPSA) is 97.8 Å². The van der Waals surface area contributed by atoms with Gasteiger partial charge in [-0.2, -0.15) is 0 Å². The van der Waals surface area contributed by atoms with Crippen molar-refractivity contribution in [1.29, 1.82) is 0 Å². The zero-order chi connectivity index (χ0) is 20.4. The molecule has 0 bridgehead atoms. The van der Waals surface area contributed by atoms with Crippen LogP contribution in [0, 0.1) is 10.1 Å². The van der Waals surface area contributed by atoms with Gasteiger partial charge in [-0.3, -0.25) is 14.4 Å². The number of pyridine rings is 1. The molecule has 0 atom stereocenters. The number of nitrogens with zero attached hydrogens (tertiary/aromatic N) is 4. The number of fused-ring (bicyclic) bond motifs is 1. The Bertz CT molecular complexity index is 1290. The fourth-order valence-electron chi connectivity index (χ4n) is 3.04. The predicted octanol–water partition coefficient (Wildman–Crippen LogP) is 3.64. The van der Waals surface area contributed by atoms with Crippen molar-refractivity contribution < 1.29 is 13.3 Å². The molecule has 4 aromatic rings. The average Bonchev–Trinajstić information content (AvgIpc) is 3.15. The lowest BCUT2D eigenvalue weighted by molar-refractivity contribution is -0.385. The van der Waals surface area contributed by atoms with Crippen molar-refractivity contribution in [2.24, 2.45) is 0 Å². The standard InChI is InChI=1S/C20H16N4O4S/c25-24(26)17-9-6-10-19(13-17)29(27,28)23(16-7-2-1-3-8-16)15-18-14-21-20-11-4-5-12-22(18)20/h1-14H,15H2. The molecule has 4 rings (SSSR count). The van der Waals surface area contributed by atoms with Gasteiger partial charge in [-0.25, -0.2) is 13.4 Å². The smallest absolute Gasteiger partial charge is 0.270 e. The number of nitro benzene ring substituents is 1. The maximum Gasteiger partial charge on any atom is 0.270 e. The number of hydrogen-bond donors (Lipinski definition) is 0. The highest BCUT2D eigenvalue weighted by Gasteiger charge is 2.27. The van der Waals surface area contributed by atoms with Gasteiger partial charge in [0.25, 0.3) is 15.7 Å². The molecule has 0 aliphatic rings. The number of hydrogen-bond acceptors (Lipinski definition) is 5. The second kappa shape index (κ2) is 7.36. The number of nitro groups is 1. The van der Waals surface area contributed by atoms with E-state index in [2.05, 4.69) is 4.98 Å². The highest BCUT2D eigenvalue weighted by Crippen LogP contribution is 2.27. The van der Waals surface area contributed by atoms with E-state index < -0.39 is 14.9 Å². The molecule has 146 valence electrons. The second-order valence-corrected chi connectivity index (χ2v) is 8.14. The SMILES string of the molecule is O=[N+]([O-])c1cccc(S(=O)(=O)N(Cc2cnc3ccccn23)c2ccccc2)c1. The van der Waals surface area contributed by atoms with E-state index in [0.29, 0.717) is 17.0 Å². The van der Waals surface area contributed by atoms with Crippen molar-refractivity contribution in [3.05, 3.63) is 101 Å². The van der Waals surface area contributed by atoms with Crippen molar-refractivity contribution >= 4 is 27.0 Å². The van der Waals surface area contributed by atoms with Crippen LogP contribution in [0.2, 0.25) is 0 Å². The molecule has 0 radical (unpaired) electrons. The first-order chi connectivity index (χ1) is 14.0. The Balaban J connectivity index is 1.83. The monoisotopic (exact) mass is 408 g/mol. The Hall–Kier alpha value is -3.72. The molecule has 0 N–H and O–H groups in total. The zero-order valence-electron chi connectivity index (χ0n) is 15.1. The van der Waals surface area contributed by atoms with Crippen LogP contribution in [-0.2, 0) is 16.6 Å². The molecule has 0 spiro atoms. The van der Waals surface area contributed by atoms with Gasteiger partial charge in [0.05, 0.1) is 33.9 Å². The van der Waals surface area contributed by atoms with Gasteiger partial charge >= 0.3 is 0 Å². The summed E-state index contributed by atoms with van der Waals surface area (Å²) in [6, 6.07) is 19.2. The summed E-state index contributed by atoms with van der Waals surface area (Å²) in [5.74, 6) is 0. The normalized spacial score (nSPS) is 11.4. The van der Waals surface area contributed by atoms with Crippen LogP contribution in [0.3, 0.4) is 0 Å². The molecule has 8 nitrogen and oxygen atoms in total. The van der Waals surface area contributed by atoms with E-state index in [9.17, 15) is 18.5 Å². The summed E-state index contributed by atoms with van der Waals surface area (Å²) in [5.41, 5.74) is 1.53. The second-order valence-electron chi connectivity index (χ2n) is 6.28. The van der Waals surface area contributed by atoms with E-state index in [1.807, 2.05) is 18.2 Å². The lowest BCUT2D eigenvalue weighted by Gasteiger charge is -2.24. The molecule has 0 amide bonds. The maximum atomic E-state index is 13.4. The Morgan fingerprint density at radius 2 is 1.76 bits per heavy atom. The van der Waals surface area contributed by atoms with Gasteiger partial charge in [-0.1, -0.05) is 30.3 Å². The predicted molar refractivity (Wildman–Crippen MR) is 108 cm³/mol. The highest BCUT2D eigenvalue weighted by atomic mass is 32.2. The largest absolute Gasteiger partial charge is 0.302 e.